The van der Waals surface area contributed by atoms with Gasteiger partial charge in [0.25, 0.3) is 0 Å². The molecule has 1 rings (SSSR count). The average molecular weight is 378 g/mol. The van der Waals surface area contributed by atoms with Crippen molar-refractivity contribution in [2.24, 2.45) is 22.7 Å². The zero-order chi connectivity index (χ0) is 16.2. The SMILES string of the molecule is CC(C)CC(CN)C(=O)Nc1ccc(S(N)(=O)=O)cc1Br. The topological polar surface area (TPSA) is 115 Å². The van der Waals surface area contributed by atoms with Gasteiger partial charge in [0, 0.05) is 11.0 Å². The van der Waals surface area contributed by atoms with Crippen molar-refractivity contribution in [1.29, 1.82) is 0 Å². The molecule has 0 fully saturated rings. The van der Waals surface area contributed by atoms with Crippen molar-refractivity contribution >= 4 is 37.5 Å². The maximum Gasteiger partial charge on any atom is 0.238 e. The molecule has 0 aliphatic carbocycles. The fourth-order valence-corrected chi connectivity index (χ4v) is 3.06. The van der Waals surface area contributed by atoms with E-state index in [0.29, 0.717) is 22.5 Å². The average Bonchev–Trinajstić information content (AvgIpc) is 2.36. The lowest BCUT2D eigenvalue weighted by molar-refractivity contribution is -0.120. The molecule has 8 heteroatoms. The molecule has 0 radical (unpaired) electrons. The van der Waals surface area contributed by atoms with Gasteiger partial charge in [0.15, 0.2) is 0 Å². The van der Waals surface area contributed by atoms with Crippen molar-refractivity contribution in [3.05, 3.63) is 22.7 Å². The number of hydrogen-bond donors (Lipinski definition) is 3. The molecule has 21 heavy (non-hydrogen) atoms. The van der Waals surface area contributed by atoms with Crippen molar-refractivity contribution in [2.75, 3.05) is 11.9 Å². The molecule has 5 N–H and O–H groups in total. The molecular formula is C13H20BrN3O3S. The highest BCUT2D eigenvalue weighted by Gasteiger charge is 2.19. The first kappa shape index (κ1) is 18.1. The Morgan fingerprint density at radius 1 is 1.38 bits per heavy atom. The summed E-state index contributed by atoms with van der Waals surface area (Å²) in [4.78, 5) is 12.1. The minimum atomic E-state index is -3.77. The molecule has 118 valence electrons. The summed E-state index contributed by atoms with van der Waals surface area (Å²) >= 11 is 3.22. The van der Waals surface area contributed by atoms with E-state index in [-0.39, 0.29) is 23.3 Å². The molecule has 1 atom stereocenters. The second-order valence-corrected chi connectivity index (χ2v) is 7.65. The molecule has 1 unspecified atom stereocenters. The summed E-state index contributed by atoms with van der Waals surface area (Å²) in [7, 11) is -3.77. The minimum Gasteiger partial charge on any atom is -0.330 e. The second-order valence-electron chi connectivity index (χ2n) is 5.24. The Morgan fingerprint density at radius 2 is 2.00 bits per heavy atom. The first-order valence-electron chi connectivity index (χ1n) is 6.48. The highest BCUT2D eigenvalue weighted by molar-refractivity contribution is 9.10. The number of amides is 1. The van der Waals surface area contributed by atoms with Gasteiger partial charge in [-0.25, -0.2) is 13.6 Å². The van der Waals surface area contributed by atoms with Crippen LogP contribution in [0, 0.1) is 11.8 Å². The van der Waals surface area contributed by atoms with Crippen LogP contribution < -0.4 is 16.2 Å². The third-order valence-electron chi connectivity index (χ3n) is 2.94. The van der Waals surface area contributed by atoms with Crippen molar-refractivity contribution in [3.8, 4) is 0 Å². The summed E-state index contributed by atoms with van der Waals surface area (Å²) in [6.45, 7) is 4.30. The fourth-order valence-electron chi connectivity index (χ4n) is 1.89. The van der Waals surface area contributed by atoms with Crippen LogP contribution in [0.25, 0.3) is 0 Å². The Morgan fingerprint density at radius 3 is 2.43 bits per heavy atom. The lowest BCUT2D eigenvalue weighted by Gasteiger charge is -2.17. The van der Waals surface area contributed by atoms with Crippen molar-refractivity contribution < 1.29 is 13.2 Å². The summed E-state index contributed by atoms with van der Waals surface area (Å²) in [5.74, 6) is -0.109. The van der Waals surface area contributed by atoms with Gasteiger partial charge in [-0.3, -0.25) is 4.79 Å². The van der Waals surface area contributed by atoms with Crippen LogP contribution in [0.4, 0.5) is 5.69 Å². The summed E-state index contributed by atoms with van der Waals surface area (Å²) in [6, 6.07) is 4.19. The molecule has 0 spiro atoms. The van der Waals surface area contributed by atoms with Crippen LogP contribution in [0.15, 0.2) is 27.6 Å². The van der Waals surface area contributed by atoms with Crippen LogP contribution in [-0.4, -0.2) is 20.9 Å². The number of halogens is 1. The Kier molecular flexibility index (Phi) is 6.33. The molecule has 0 aromatic heterocycles. The molecule has 6 nitrogen and oxygen atoms in total. The molecule has 0 saturated heterocycles. The van der Waals surface area contributed by atoms with E-state index in [4.69, 9.17) is 10.9 Å². The van der Waals surface area contributed by atoms with E-state index in [1.807, 2.05) is 13.8 Å². The van der Waals surface area contributed by atoms with Gasteiger partial charge in [0.1, 0.15) is 0 Å². The van der Waals surface area contributed by atoms with Crippen LogP contribution >= 0.6 is 15.9 Å². The quantitative estimate of drug-likeness (QED) is 0.698. The van der Waals surface area contributed by atoms with Crippen LogP contribution in [0.5, 0.6) is 0 Å². The number of rotatable bonds is 6. The van der Waals surface area contributed by atoms with Gasteiger partial charge in [-0.1, -0.05) is 13.8 Å². The van der Waals surface area contributed by atoms with Gasteiger partial charge in [0.05, 0.1) is 16.5 Å². The van der Waals surface area contributed by atoms with E-state index in [1.165, 1.54) is 18.2 Å². The zero-order valence-electron chi connectivity index (χ0n) is 12.0. The molecule has 1 aromatic rings. The highest BCUT2D eigenvalue weighted by atomic mass is 79.9. The van der Waals surface area contributed by atoms with Crippen LogP contribution in [-0.2, 0) is 14.8 Å². The lowest BCUT2D eigenvalue weighted by Crippen LogP contribution is -2.30. The van der Waals surface area contributed by atoms with E-state index < -0.39 is 10.0 Å². The Balaban J connectivity index is 2.91. The van der Waals surface area contributed by atoms with E-state index >= 15 is 0 Å². The predicted octanol–water partition coefficient (Wildman–Crippen LogP) is 1.66. The Bertz CT molecular complexity index is 617. The standard InChI is InChI=1S/C13H20BrN3O3S/c1-8(2)5-9(7-15)13(18)17-12-4-3-10(6-11(12)14)21(16,19)20/h3-4,6,8-9H,5,7,15H2,1-2H3,(H,17,18)(H2,16,19,20). The van der Waals surface area contributed by atoms with E-state index in [9.17, 15) is 13.2 Å². The summed E-state index contributed by atoms with van der Waals surface area (Å²) in [6.07, 6.45) is 0.690. The maximum absolute atomic E-state index is 12.2. The molecule has 0 aliphatic heterocycles. The first-order chi connectivity index (χ1) is 9.65. The largest absolute Gasteiger partial charge is 0.330 e. The van der Waals surface area contributed by atoms with Crippen LogP contribution in [0.1, 0.15) is 20.3 Å². The van der Waals surface area contributed by atoms with Gasteiger partial charge >= 0.3 is 0 Å². The number of anilines is 1. The number of benzene rings is 1. The summed E-state index contributed by atoms with van der Waals surface area (Å²) < 4.78 is 22.9. The van der Waals surface area contributed by atoms with E-state index in [2.05, 4.69) is 21.2 Å². The van der Waals surface area contributed by atoms with Crippen molar-refractivity contribution in [3.63, 3.8) is 0 Å². The molecular weight excluding hydrogens is 358 g/mol. The number of nitrogens with two attached hydrogens (primary N) is 2. The monoisotopic (exact) mass is 377 g/mol. The molecule has 0 aliphatic rings. The Labute approximate surface area is 133 Å². The van der Waals surface area contributed by atoms with Gasteiger partial charge in [-0.15, -0.1) is 0 Å². The number of primary sulfonamides is 1. The van der Waals surface area contributed by atoms with E-state index in [1.54, 1.807) is 0 Å². The van der Waals surface area contributed by atoms with Crippen molar-refractivity contribution in [1.82, 2.24) is 0 Å². The highest BCUT2D eigenvalue weighted by Crippen LogP contribution is 2.26. The third kappa shape index (κ3) is 5.39. The second kappa shape index (κ2) is 7.35. The Hall–Kier alpha value is -0.960. The summed E-state index contributed by atoms with van der Waals surface area (Å²) in [5, 5.41) is 7.79. The van der Waals surface area contributed by atoms with Gasteiger partial charge in [0.2, 0.25) is 15.9 Å². The number of carbonyl (C=O) groups is 1. The molecule has 0 heterocycles. The maximum atomic E-state index is 12.2. The fraction of sp³-hybridized carbons (Fsp3) is 0.462. The third-order valence-corrected chi connectivity index (χ3v) is 4.51. The molecule has 1 aromatic carbocycles. The number of nitrogens with one attached hydrogen (secondary N) is 1. The lowest BCUT2D eigenvalue weighted by atomic mass is 9.96. The normalized spacial score (nSPS) is 13.2. The smallest absolute Gasteiger partial charge is 0.238 e. The van der Waals surface area contributed by atoms with Gasteiger partial charge in [-0.2, -0.15) is 0 Å². The molecule has 1 amide bonds. The molecule has 0 bridgehead atoms. The number of sulfonamides is 1. The number of carbonyl (C=O) groups excluding carboxylic acids is 1. The summed E-state index contributed by atoms with van der Waals surface area (Å²) in [5.41, 5.74) is 6.11. The zero-order valence-corrected chi connectivity index (χ0v) is 14.4. The first-order valence-corrected chi connectivity index (χ1v) is 8.82. The molecule has 0 saturated carbocycles. The predicted molar refractivity (Wildman–Crippen MR) is 86.1 cm³/mol. The van der Waals surface area contributed by atoms with Gasteiger partial charge < -0.3 is 11.1 Å². The van der Waals surface area contributed by atoms with Gasteiger partial charge in [-0.05, 0) is 46.5 Å². The van der Waals surface area contributed by atoms with E-state index in [0.717, 1.165) is 0 Å². The minimum absolute atomic E-state index is 0.0232. The van der Waals surface area contributed by atoms with Crippen LogP contribution in [0.3, 0.4) is 0 Å². The van der Waals surface area contributed by atoms with Crippen molar-refractivity contribution in [2.45, 2.75) is 25.2 Å². The number of hydrogen-bond acceptors (Lipinski definition) is 4. The van der Waals surface area contributed by atoms with Crippen LogP contribution in [0.2, 0.25) is 0 Å².